The molecule has 1 atom stereocenters. The van der Waals surface area contributed by atoms with E-state index in [1.54, 1.807) is 0 Å². The van der Waals surface area contributed by atoms with Gasteiger partial charge in [0.1, 0.15) is 18.5 Å². The first-order valence-corrected chi connectivity index (χ1v) is 9.90. The molecule has 0 amide bonds. The molecule has 0 bridgehead atoms. The minimum absolute atomic E-state index is 0.326. The standard InChI is InChI=1S/C21H31NO2S/c1-16(2)11-12-22(14-20-10-9-18(4)25-20)13-19(23)15-24-21-8-6-5-7-17(21)3/h5-10,16,19,23H,11-15H2,1-4H3/t19-/m0/s1. The summed E-state index contributed by atoms with van der Waals surface area (Å²) in [5.74, 6) is 1.51. The SMILES string of the molecule is Cc1ccc(CN(CCC(C)C)C[C@H](O)COc2ccccc2C)s1. The van der Waals surface area contributed by atoms with Gasteiger partial charge in [-0.2, -0.15) is 0 Å². The van der Waals surface area contributed by atoms with E-state index < -0.39 is 6.10 Å². The minimum Gasteiger partial charge on any atom is -0.491 e. The number of aryl methyl sites for hydroxylation is 2. The summed E-state index contributed by atoms with van der Waals surface area (Å²) < 4.78 is 5.81. The highest BCUT2D eigenvalue weighted by molar-refractivity contribution is 7.11. The fourth-order valence-corrected chi connectivity index (χ4v) is 3.65. The van der Waals surface area contributed by atoms with Crippen LogP contribution in [0.4, 0.5) is 0 Å². The Balaban J connectivity index is 1.88. The topological polar surface area (TPSA) is 32.7 Å². The van der Waals surface area contributed by atoms with Crippen molar-refractivity contribution < 1.29 is 9.84 Å². The average molecular weight is 362 g/mol. The summed E-state index contributed by atoms with van der Waals surface area (Å²) >= 11 is 1.84. The van der Waals surface area contributed by atoms with Gasteiger partial charge in [-0.15, -0.1) is 11.3 Å². The lowest BCUT2D eigenvalue weighted by Gasteiger charge is -2.25. The maximum Gasteiger partial charge on any atom is 0.122 e. The molecule has 0 fully saturated rings. The molecule has 2 aromatic rings. The minimum atomic E-state index is -0.493. The van der Waals surface area contributed by atoms with Crippen molar-refractivity contribution in [1.29, 1.82) is 0 Å². The highest BCUT2D eigenvalue weighted by Gasteiger charge is 2.15. The number of nitrogens with zero attached hydrogens (tertiary/aromatic N) is 1. The van der Waals surface area contributed by atoms with E-state index in [1.807, 2.05) is 42.5 Å². The Labute approximate surface area is 156 Å². The van der Waals surface area contributed by atoms with Gasteiger partial charge < -0.3 is 9.84 Å². The van der Waals surface area contributed by atoms with Crippen LogP contribution >= 0.6 is 11.3 Å². The van der Waals surface area contributed by atoms with Gasteiger partial charge in [0, 0.05) is 22.8 Å². The smallest absolute Gasteiger partial charge is 0.122 e. The van der Waals surface area contributed by atoms with E-state index in [-0.39, 0.29) is 0 Å². The van der Waals surface area contributed by atoms with Crippen LogP contribution in [0.25, 0.3) is 0 Å². The molecule has 1 aromatic carbocycles. The van der Waals surface area contributed by atoms with Crippen LogP contribution in [0, 0.1) is 19.8 Å². The van der Waals surface area contributed by atoms with Crippen LogP contribution in [0.2, 0.25) is 0 Å². The normalized spacial score (nSPS) is 12.8. The van der Waals surface area contributed by atoms with E-state index in [9.17, 15) is 5.11 Å². The van der Waals surface area contributed by atoms with Gasteiger partial charge in [-0.1, -0.05) is 32.0 Å². The molecule has 0 aliphatic rings. The van der Waals surface area contributed by atoms with E-state index in [4.69, 9.17) is 4.74 Å². The fraction of sp³-hybridized carbons (Fsp3) is 0.524. The number of hydrogen-bond donors (Lipinski definition) is 1. The van der Waals surface area contributed by atoms with Gasteiger partial charge in [0.05, 0.1) is 0 Å². The summed E-state index contributed by atoms with van der Waals surface area (Å²) in [6, 6.07) is 12.3. The lowest BCUT2D eigenvalue weighted by Crippen LogP contribution is -2.36. The molecule has 3 nitrogen and oxygen atoms in total. The first-order chi connectivity index (χ1) is 11.9. The number of aliphatic hydroxyl groups excluding tert-OH is 1. The quantitative estimate of drug-likeness (QED) is 0.668. The van der Waals surface area contributed by atoms with Crippen molar-refractivity contribution in [3.63, 3.8) is 0 Å². The van der Waals surface area contributed by atoms with Crippen molar-refractivity contribution in [3.05, 3.63) is 51.7 Å². The van der Waals surface area contributed by atoms with Crippen LogP contribution in [-0.4, -0.2) is 35.8 Å². The Morgan fingerprint density at radius 3 is 2.52 bits per heavy atom. The molecule has 2 rings (SSSR count). The first kappa shape index (κ1) is 20.0. The number of rotatable bonds is 10. The third-order valence-electron chi connectivity index (χ3n) is 4.19. The van der Waals surface area contributed by atoms with Crippen molar-refractivity contribution in [1.82, 2.24) is 4.90 Å². The summed E-state index contributed by atoms with van der Waals surface area (Å²) in [6.45, 7) is 11.5. The number of ether oxygens (including phenoxy) is 1. The summed E-state index contributed by atoms with van der Waals surface area (Å²) in [4.78, 5) is 5.03. The zero-order chi connectivity index (χ0) is 18.2. The fourth-order valence-electron chi connectivity index (χ4n) is 2.72. The predicted molar refractivity (Wildman–Crippen MR) is 106 cm³/mol. The van der Waals surface area contributed by atoms with Crippen LogP contribution in [0.15, 0.2) is 36.4 Å². The molecule has 1 N–H and O–H groups in total. The Morgan fingerprint density at radius 1 is 1.12 bits per heavy atom. The Kier molecular flexibility index (Phi) is 7.94. The molecule has 0 aliphatic heterocycles. The molecule has 0 spiro atoms. The molecule has 0 unspecified atom stereocenters. The molecule has 0 aliphatic carbocycles. The predicted octanol–water partition coefficient (Wildman–Crippen LogP) is 4.65. The van der Waals surface area contributed by atoms with Gasteiger partial charge in [0.25, 0.3) is 0 Å². The summed E-state index contributed by atoms with van der Waals surface area (Å²) in [6.07, 6.45) is 0.642. The zero-order valence-corrected chi connectivity index (χ0v) is 16.7. The molecular formula is C21H31NO2S. The Hall–Kier alpha value is -1.36. The highest BCUT2D eigenvalue weighted by atomic mass is 32.1. The number of thiophene rings is 1. The van der Waals surface area contributed by atoms with E-state index in [0.717, 1.165) is 30.8 Å². The second-order valence-corrected chi connectivity index (χ2v) is 8.53. The van der Waals surface area contributed by atoms with E-state index in [1.165, 1.54) is 9.75 Å². The van der Waals surface area contributed by atoms with E-state index in [0.29, 0.717) is 19.1 Å². The third-order valence-corrected chi connectivity index (χ3v) is 5.18. The van der Waals surface area contributed by atoms with E-state index in [2.05, 4.69) is 37.8 Å². The van der Waals surface area contributed by atoms with Gasteiger partial charge in [-0.25, -0.2) is 0 Å². The van der Waals surface area contributed by atoms with Crippen molar-refractivity contribution in [2.24, 2.45) is 5.92 Å². The van der Waals surface area contributed by atoms with Crippen LogP contribution in [-0.2, 0) is 6.54 Å². The molecular weight excluding hydrogens is 330 g/mol. The summed E-state index contributed by atoms with van der Waals surface area (Å²) in [7, 11) is 0. The van der Waals surface area contributed by atoms with Crippen LogP contribution in [0.5, 0.6) is 5.75 Å². The molecule has 4 heteroatoms. The number of aliphatic hydroxyl groups is 1. The van der Waals surface area contributed by atoms with Crippen molar-refractivity contribution in [2.75, 3.05) is 19.7 Å². The molecule has 0 saturated heterocycles. The number of para-hydroxylation sites is 1. The Bertz CT molecular complexity index is 638. The van der Waals surface area contributed by atoms with Crippen LogP contribution in [0.3, 0.4) is 0 Å². The van der Waals surface area contributed by atoms with Crippen molar-refractivity contribution in [3.8, 4) is 5.75 Å². The molecule has 1 aromatic heterocycles. The van der Waals surface area contributed by atoms with Gasteiger partial charge in [0.2, 0.25) is 0 Å². The maximum atomic E-state index is 10.5. The molecule has 1 heterocycles. The van der Waals surface area contributed by atoms with Crippen LogP contribution in [0.1, 0.15) is 35.6 Å². The van der Waals surface area contributed by atoms with Crippen molar-refractivity contribution >= 4 is 11.3 Å². The van der Waals surface area contributed by atoms with E-state index >= 15 is 0 Å². The lowest BCUT2D eigenvalue weighted by atomic mass is 10.1. The zero-order valence-electron chi connectivity index (χ0n) is 15.9. The second-order valence-electron chi connectivity index (χ2n) is 7.16. The number of hydrogen-bond acceptors (Lipinski definition) is 4. The van der Waals surface area contributed by atoms with Crippen LogP contribution < -0.4 is 4.74 Å². The molecule has 0 saturated carbocycles. The van der Waals surface area contributed by atoms with Gasteiger partial charge in [-0.3, -0.25) is 4.90 Å². The monoisotopic (exact) mass is 361 g/mol. The van der Waals surface area contributed by atoms with Gasteiger partial charge >= 0.3 is 0 Å². The molecule has 25 heavy (non-hydrogen) atoms. The second kappa shape index (κ2) is 9.95. The highest BCUT2D eigenvalue weighted by Crippen LogP contribution is 2.19. The summed E-state index contributed by atoms with van der Waals surface area (Å²) in [5.41, 5.74) is 1.10. The summed E-state index contributed by atoms with van der Waals surface area (Å²) in [5, 5.41) is 10.5. The molecule has 0 radical (unpaired) electrons. The average Bonchev–Trinajstić information content (AvgIpc) is 2.97. The lowest BCUT2D eigenvalue weighted by molar-refractivity contribution is 0.0640. The van der Waals surface area contributed by atoms with Gasteiger partial charge in [0.15, 0.2) is 0 Å². The largest absolute Gasteiger partial charge is 0.491 e. The molecule has 138 valence electrons. The van der Waals surface area contributed by atoms with Crippen molar-refractivity contribution in [2.45, 2.75) is 46.8 Å². The number of benzene rings is 1. The third kappa shape index (κ3) is 7.18. The first-order valence-electron chi connectivity index (χ1n) is 9.08. The Morgan fingerprint density at radius 2 is 1.88 bits per heavy atom. The maximum absolute atomic E-state index is 10.5. The van der Waals surface area contributed by atoms with Gasteiger partial charge in [-0.05, 0) is 56.5 Å².